The van der Waals surface area contributed by atoms with Gasteiger partial charge < -0.3 is 15.0 Å². The van der Waals surface area contributed by atoms with E-state index in [4.69, 9.17) is 4.74 Å². The molecule has 0 bridgehead atoms. The molecule has 3 atom stereocenters. The van der Waals surface area contributed by atoms with Crippen molar-refractivity contribution in [2.24, 2.45) is 17.8 Å². The van der Waals surface area contributed by atoms with Crippen LogP contribution in [0.5, 0.6) is 0 Å². The highest BCUT2D eigenvalue weighted by Crippen LogP contribution is 2.39. The molecule has 2 aromatic rings. The number of hydrogen-bond donors (Lipinski definition) is 2. The van der Waals surface area contributed by atoms with Crippen LogP contribution >= 0.6 is 0 Å². The first-order valence-corrected chi connectivity index (χ1v) is 13.0. The van der Waals surface area contributed by atoms with Gasteiger partial charge in [0.05, 0.1) is 0 Å². The van der Waals surface area contributed by atoms with E-state index >= 15 is 0 Å². The Morgan fingerprint density at radius 1 is 0.969 bits per heavy atom. The number of likely N-dealkylation sites (tertiary alicyclic amines) is 1. The first kappa shape index (κ1) is 21.6. The maximum absolute atomic E-state index is 12.5. The highest BCUT2D eigenvalue weighted by atomic mass is 32.2. The number of anilines is 2. The molecule has 2 aliphatic heterocycles. The van der Waals surface area contributed by atoms with Gasteiger partial charge >= 0.3 is 0 Å². The van der Waals surface area contributed by atoms with Gasteiger partial charge in [0, 0.05) is 44.6 Å². The Kier molecular flexibility index (Phi) is 6.30. The monoisotopic (exact) mass is 457 g/mol. The lowest BCUT2D eigenvalue weighted by Gasteiger charge is -2.27. The SMILES string of the molecule is O=S(=O)(Nc1ccccc1)c1ccc(NC2C[C@@H]3CN(CC4CCOCC4)C[C@@H]3C2)nn1. The molecule has 2 N–H and O–H groups in total. The lowest BCUT2D eigenvalue weighted by molar-refractivity contribution is 0.0545. The normalized spacial score (nSPS) is 26.7. The largest absolute Gasteiger partial charge is 0.381 e. The molecule has 1 unspecified atom stereocenters. The quantitative estimate of drug-likeness (QED) is 0.660. The predicted octanol–water partition coefficient (Wildman–Crippen LogP) is 2.83. The topological polar surface area (TPSA) is 96.5 Å². The highest BCUT2D eigenvalue weighted by Gasteiger charge is 2.41. The summed E-state index contributed by atoms with van der Waals surface area (Å²) in [5.74, 6) is 2.88. The standard InChI is InChI=1S/C23H31N5O3S/c29-32(30,27-20-4-2-1-3-5-20)23-7-6-22(25-26-23)24-21-12-18-15-28(16-19(18)13-21)14-17-8-10-31-11-9-17/h1-7,17-19,21,27H,8-16H2,(H,24,25)/t18-,19+,21?. The molecule has 1 aliphatic carbocycles. The van der Waals surface area contributed by atoms with Crippen LogP contribution in [0, 0.1) is 17.8 Å². The first-order chi connectivity index (χ1) is 15.5. The van der Waals surface area contributed by atoms with E-state index < -0.39 is 10.0 Å². The van der Waals surface area contributed by atoms with Crippen LogP contribution in [0.15, 0.2) is 47.5 Å². The molecule has 3 fully saturated rings. The summed E-state index contributed by atoms with van der Waals surface area (Å²) >= 11 is 0. The van der Waals surface area contributed by atoms with Gasteiger partial charge in [-0.05, 0) is 67.7 Å². The molecular formula is C23H31N5O3S. The van der Waals surface area contributed by atoms with E-state index in [-0.39, 0.29) is 5.03 Å². The number of nitrogens with zero attached hydrogens (tertiary/aromatic N) is 3. The Balaban J connectivity index is 1.12. The van der Waals surface area contributed by atoms with Crippen molar-refractivity contribution in [3.63, 3.8) is 0 Å². The third-order valence-electron chi connectivity index (χ3n) is 6.98. The molecule has 2 saturated heterocycles. The zero-order chi connectivity index (χ0) is 22.0. The van der Waals surface area contributed by atoms with Crippen molar-refractivity contribution >= 4 is 21.5 Å². The lowest BCUT2D eigenvalue weighted by atomic mass is 10.00. The molecule has 0 spiro atoms. The number of fused-ring (bicyclic) bond motifs is 1. The van der Waals surface area contributed by atoms with E-state index in [1.807, 2.05) is 6.07 Å². The van der Waals surface area contributed by atoms with E-state index in [2.05, 4.69) is 25.1 Å². The van der Waals surface area contributed by atoms with Gasteiger partial charge in [-0.25, -0.2) is 0 Å². The second kappa shape index (κ2) is 9.33. The van der Waals surface area contributed by atoms with E-state index in [0.29, 0.717) is 17.5 Å². The average Bonchev–Trinajstić information content (AvgIpc) is 3.33. The van der Waals surface area contributed by atoms with E-state index in [1.165, 1.54) is 38.5 Å². The summed E-state index contributed by atoms with van der Waals surface area (Å²) in [6.45, 7) is 5.43. The molecule has 5 rings (SSSR count). The Labute approximate surface area is 189 Å². The molecule has 1 aromatic carbocycles. The third kappa shape index (κ3) is 5.05. The molecule has 3 heterocycles. The summed E-state index contributed by atoms with van der Waals surface area (Å²) in [4.78, 5) is 2.65. The van der Waals surface area contributed by atoms with Gasteiger partial charge in [0.15, 0.2) is 5.03 Å². The Hall–Kier alpha value is -2.23. The minimum Gasteiger partial charge on any atom is -0.381 e. The molecule has 1 saturated carbocycles. The van der Waals surface area contributed by atoms with Crippen LogP contribution in [0.25, 0.3) is 0 Å². The summed E-state index contributed by atoms with van der Waals surface area (Å²) in [6.07, 6.45) is 4.65. The van der Waals surface area contributed by atoms with Crippen molar-refractivity contribution in [1.82, 2.24) is 15.1 Å². The van der Waals surface area contributed by atoms with Gasteiger partial charge in [-0.2, -0.15) is 8.42 Å². The zero-order valence-corrected chi connectivity index (χ0v) is 19.0. The fourth-order valence-electron chi connectivity index (χ4n) is 5.42. The van der Waals surface area contributed by atoms with Crippen molar-refractivity contribution in [2.45, 2.75) is 36.8 Å². The van der Waals surface area contributed by atoms with Crippen molar-refractivity contribution in [2.75, 3.05) is 42.9 Å². The average molecular weight is 458 g/mol. The number of nitrogens with one attached hydrogen (secondary N) is 2. The van der Waals surface area contributed by atoms with Crippen LogP contribution in [0.4, 0.5) is 11.5 Å². The number of para-hydroxylation sites is 1. The number of sulfonamides is 1. The minimum atomic E-state index is -3.75. The van der Waals surface area contributed by atoms with Gasteiger partial charge in [-0.3, -0.25) is 4.72 Å². The summed E-state index contributed by atoms with van der Waals surface area (Å²) in [5, 5.41) is 11.5. The van der Waals surface area contributed by atoms with Gasteiger partial charge in [0.2, 0.25) is 0 Å². The number of hydrogen-bond acceptors (Lipinski definition) is 7. The molecule has 32 heavy (non-hydrogen) atoms. The van der Waals surface area contributed by atoms with Crippen LogP contribution < -0.4 is 10.0 Å². The summed E-state index contributed by atoms with van der Waals surface area (Å²) in [5.41, 5.74) is 0.500. The van der Waals surface area contributed by atoms with Crippen LogP contribution in [0.1, 0.15) is 25.7 Å². The maximum Gasteiger partial charge on any atom is 0.281 e. The predicted molar refractivity (Wildman–Crippen MR) is 123 cm³/mol. The smallest absolute Gasteiger partial charge is 0.281 e. The van der Waals surface area contributed by atoms with Crippen molar-refractivity contribution in [1.29, 1.82) is 0 Å². The lowest BCUT2D eigenvalue weighted by Crippen LogP contribution is -2.32. The van der Waals surface area contributed by atoms with Gasteiger partial charge in [0.25, 0.3) is 10.0 Å². The number of benzene rings is 1. The van der Waals surface area contributed by atoms with Crippen LogP contribution in [0.3, 0.4) is 0 Å². The van der Waals surface area contributed by atoms with Crippen molar-refractivity contribution in [3.05, 3.63) is 42.5 Å². The van der Waals surface area contributed by atoms with E-state index in [0.717, 1.165) is 43.8 Å². The van der Waals surface area contributed by atoms with Gasteiger partial charge in [-0.15, -0.1) is 10.2 Å². The number of rotatable bonds is 7. The fourth-order valence-corrected chi connectivity index (χ4v) is 6.37. The van der Waals surface area contributed by atoms with Crippen LogP contribution in [0.2, 0.25) is 0 Å². The van der Waals surface area contributed by atoms with Crippen molar-refractivity contribution < 1.29 is 13.2 Å². The van der Waals surface area contributed by atoms with E-state index in [1.54, 1.807) is 30.3 Å². The summed E-state index contributed by atoms with van der Waals surface area (Å²) in [6, 6.07) is 12.4. The number of aromatic nitrogens is 2. The first-order valence-electron chi connectivity index (χ1n) is 11.5. The summed E-state index contributed by atoms with van der Waals surface area (Å²) in [7, 11) is -3.75. The second-order valence-electron chi connectivity index (χ2n) is 9.34. The van der Waals surface area contributed by atoms with E-state index in [9.17, 15) is 8.42 Å². The molecular weight excluding hydrogens is 426 g/mol. The van der Waals surface area contributed by atoms with Gasteiger partial charge in [0.1, 0.15) is 5.82 Å². The van der Waals surface area contributed by atoms with Gasteiger partial charge in [-0.1, -0.05) is 18.2 Å². The third-order valence-corrected chi connectivity index (χ3v) is 8.25. The molecule has 3 aliphatic rings. The molecule has 0 radical (unpaired) electrons. The summed E-state index contributed by atoms with van der Waals surface area (Å²) < 4.78 is 33.0. The highest BCUT2D eigenvalue weighted by molar-refractivity contribution is 7.92. The van der Waals surface area contributed by atoms with Crippen molar-refractivity contribution in [3.8, 4) is 0 Å². The number of ether oxygens (including phenoxy) is 1. The Bertz CT molecular complexity index is 982. The zero-order valence-electron chi connectivity index (χ0n) is 18.2. The molecule has 1 aromatic heterocycles. The Morgan fingerprint density at radius 2 is 1.69 bits per heavy atom. The fraction of sp³-hybridized carbons (Fsp3) is 0.565. The molecule has 8 nitrogen and oxygen atoms in total. The molecule has 9 heteroatoms. The maximum atomic E-state index is 12.5. The molecule has 0 amide bonds. The second-order valence-corrected chi connectivity index (χ2v) is 11.0. The minimum absolute atomic E-state index is 0.0843. The van der Waals surface area contributed by atoms with Crippen LogP contribution in [-0.4, -0.2) is 62.4 Å². The molecule has 172 valence electrons. The van der Waals surface area contributed by atoms with Crippen LogP contribution in [-0.2, 0) is 14.8 Å². The Morgan fingerprint density at radius 3 is 2.34 bits per heavy atom.